The number of aliphatic hydroxyl groups excluding tert-OH is 1. The highest BCUT2D eigenvalue weighted by Crippen LogP contribution is 2.37. The largest absolute Gasteiger partial charge is 0.387 e. The Morgan fingerprint density at radius 1 is 1.33 bits per heavy atom. The molecule has 1 aromatic rings. The van der Waals surface area contributed by atoms with Gasteiger partial charge in [0.2, 0.25) is 0 Å². The Kier molecular flexibility index (Phi) is 6.32. The minimum atomic E-state index is -0.759. The Hall–Kier alpha value is -0.890. The highest BCUT2D eigenvalue weighted by molar-refractivity contribution is 7.99. The van der Waals surface area contributed by atoms with Gasteiger partial charge in [0.25, 0.3) is 0 Å². The predicted molar refractivity (Wildman–Crippen MR) is 92.7 cm³/mol. The van der Waals surface area contributed by atoms with E-state index in [1.807, 2.05) is 37.3 Å². The molecular formula is C18H24O5S. The maximum Gasteiger partial charge on any atom is 0.184 e. The lowest BCUT2D eigenvalue weighted by Gasteiger charge is -2.47. The topological polar surface area (TPSA) is 57.2 Å². The van der Waals surface area contributed by atoms with Crippen molar-refractivity contribution >= 4 is 11.8 Å². The molecule has 0 aromatic heterocycles. The van der Waals surface area contributed by atoms with E-state index in [1.165, 1.54) is 0 Å². The lowest BCUT2D eigenvalue weighted by molar-refractivity contribution is -0.322. The minimum absolute atomic E-state index is 0.257. The van der Waals surface area contributed by atoms with Crippen molar-refractivity contribution in [3.63, 3.8) is 0 Å². The second-order valence-corrected chi connectivity index (χ2v) is 7.13. The van der Waals surface area contributed by atoms with Gasteiger partial charge in [0.05, 0.1) is 13.2 Å². The molecule has 3 rings (SSSR count). The van der Waals surface area contributed by atoms with Crippen LogP contribution in [0, 0.1) is 0 Å². The van der Waals surface area contributed by atoms with Crippen LogP contribution in [0.1, 0.15) is 18.8 Å². The SMILES string of the molecule is C=CCO[C@@H]1[C@H](O)[C@@H](SCC)O[C@@H]2COC(c3ccccc3)O[C@@H]12. The molecule has 2 heterocycles. The molecule has 0 bridgehead atoms. The van der Waals surface area contributed by atoms with Crippen LogP contribution in [0.25, 0.3) is 0 Å². The lowest BCUT2D eigenvalue weighted by Crippen LogP contribution is -2.61. The quantitative estimate of drug-likeness (QED) is 0.794. The van der Waals surface area contributed by atoms with Gasteiger partial charge in [0, 0.05) is 5.56 Å². The summed E-state index contributed by atoms with van der Waals surface area (Å²) in [6.07, 6.45) is -0.674. The molecule has 5 nitrogen and oxygen atoms in total. The summed E-state index contributed by atoms with van der Waals surface area (Å²) in [5.41, 5.74) is 0.601. The van der Waals surface area contributed by atoms with Gasteiger partial charge in [-0.25, -0.2) is 0 Å². The van der Waals surface area contributed by atoms with Crippen LogP contribution < -0.4 is 0 Å². The summed E-state index contributed by atoms with van der Waals surface area (Å²) in [5.74, 6) is 0.849. The van der Waals surface area contributed by atoms with Crippen LogP contribution in [0.4, 0.5) is 0 Å². The average Bonchev–Trinajstić information content (AvgIpc) is 2.62. The van der Waals surface area contributed by atoms with E-state index in [2.05, 4.69) is 6.58 Å². The van der Waals surface area contributed by atoms with E-state index in [4.69, 9.17) is 18.9 Å². The third-order valence-electron chi connectivity index (χ3n) is 4.12. The van der Waals surface area contributed by atoms with Crippen molar-refractivity contribution in [2.45, 2.75) is 43.1 Å². The maximum absolute atomic E-state index is 10.7. The molecule has 2 fully saturated rings. The van der Waals surface area contributed by atoms with Crippen LogP contribution in [0.3, 0.4) is 0 Å². The molecule has 6 heteroatoms. The van der Waals surface area contributed by atoms with Gasteiger partial charge in [-0.1, -0.05) is 43.3 Å². The smallest absolute Gasteiger partial charge is 0.184 e. The Balaban J connectivity index is 1.76. The number of benzene rings is 1. The van der Waals surface area contributed by atoms with Gasteiger partial charge < -0.3 is 24.1 Å². The zero-order valence-corrected chi connectivity index (χ0v) is 14.6. The molecule has 1 unspecified atom stereocenters. The second-order valence-electron chi connectivity index (χ2n) is 5.75. The normalized spacial score (nSPS) is 36.1. The van der Waals surface area contributed by atoms with E-state index in [9.17, 15) is 5.11 Å². The molecule has 1 aromatic carbocycles. The van der Waals surface area contributed by atoms with Crippen molar-refractivity contribution in [1.29, 1.82) is 0 Å². The number of ether oxygens (including phenoxy) is 4. The van der Waals surface area contributed by atoms with Crippen LogP contribution in [0.5, 0.6) is 0 Å². The fraction of sp³-hybridized carbons (Fsp3) is 0.556. The number of aliphatic hydroxyl groups is 1. The van der Waals surface area contributed by atoms with Gasteiger partial charge >= 0.3 is 0 Å². The molecule has 0 spiro atoms. The summed E-state index contributed by atoms with van der Waals surface area (Å²) in [7, 11) is 0. The maximum atomic E-state index is 10.7. The van der Waals surface area contributed by atoms with Crippen LogP contribution >= 0.6 is 11.8 Å². The van der Waals surface area contributed by atoms with E-state index >= 15 is 0 Å². The van der Waals surface area contributed by atoms with Crippen LogP contribution in [-0.2, 0) is 18.9 Å². The van der Waals surface area contributed by atoms with E-state index < -0.39 is 18.5 Å². The lowest BCUT2D eigenvalue weighted by atomic mass is 9.98. The molecule has 0 radical (unpaired) electrons. The van der Waals surface area contributed by atoms with Crippen LogP contribution in [-0.4, -0.2) is 53.9 Å². The van der Waals surface area contributed by atoms with Crippen molar-refractivity contribution < 1.29 is 24.1 Å². The predicted octanol–water partition coefficient (Wildman–Crippen LogP) is 2.51. The fourth-order valence-corrected chi connectivity index (χ4v) is 3.92. The standard InChI is InChI=1S/C18H24O5S/c1-3-10-20-16-14(19)18(24-4-2)22-13-11-21-17(23-15(13)16)12-8-6-5-7-9-12/h3,5-9,13-19H,1,4,10-11H2,2H3/t13-,14+,15-,16-,17?,18-/m1/s1. The number of thioether (sulfide) groups is 1. The summed E-state index contributed by atoms with van der Waals surface area (Å²) < 4.78 is 23.8. The third kappa shape index (κ3) is 3.85. The van der Waals surface area contributed by atoms with Gasteiger partial charge in [0.1, 0.15) is 29.9 Å². The van der Waals surface area contributed by atoms with Gasteiger partial charge in [-0.2, -0.15) is 0 Å². The number of hydrogen-bond acceptors (Lipinski definition) is 6. The first kappa shape index (κ1) is 17.9. The summed E-state index contributed by atoms with van der Waals surface area (Å²) in [6, 6.07) is 9.76. The van der Waals surface area contributed by atoms with Crippen molar-refractivity contribution in [3.8, 4) is 0 Å². The highest BCUT2D eigenvalue weighted by atomic mass is 32.2. The van der Waals surface area contributed by atoms with Crippen molar-refractivity contribution in [3.05, 3.63) is 48.6 Å². The summed E-state index contributed by atoms with van der Waals surface area (Å²) in [6.45, 7) is 6.48. The van der Waals surface area contributed by atoms with Crippen molar-refractivity contribution in [2.75, 3.05) is 19.0 Å². The number of rotatable bonds is 6. The molecular weight excluding hydrogens is 328 g/mol. The second kappa shape index (κ2) is 8.47. The molecule has 0 aliphatic carbocycles. The monoisotopic (exact) mass is 352 g/mol. The van der Waals surface area contributed by atoms with Gasteiger partial charge in [-0.15, -0.1) is 18.3 Å². The van der Waals surface area contributed by atoms with E-state index in [-0.39, 0.29) is 17.6 Å². The molecule has 2 aliphatic rings. The van der Waals surface area contributed by atoms with Gasteiger partial charge in [0.15, 0.2) is 6.29 Å². The molecule has 2 saturated heterocycles. The molecule has 0 amide bonds. The first-order valence-corrected chi connectivity index (χ1v) is 9.29. The first-order valence-electron chi connectivity index (χ1n) is 8.24. The fourth-order valence-electron chi connectivity index (χ4n) is 3.01. The summed E-state index contributed by atoms with van der Waals surface area (Å²) in [4.78, 5) is 0. The zero-order valence-electron chi connectivity index (χ0n) is 13.7. The van der Waals surface area contributed by atoms with E-state index in [1.54, 1.807) is 17.8 Å². The molecule has 6 atom stereocenters. The summed E-state index contributed by atoms with van der Waals surface area (Å²) >= 11 is 1.56. The van der Waals surface area contributed by atoms with Crippen LogP contribution in [0.2, 0.25) is 0 Å². The van der Waals surface area contributed by atoms with E-state index in [0.29, 0.717) is 13.2 Å². The van der Waals surface area contributed by atoms with Crippen molar-refractivity contribution in [2.24, 2.45) is 0 Å². The van der Waals surface area contributed by atoms with Gasteiger partial charge in [-0.05, 0) is 5.75 Å². The minimum Gasteiger partial charge on any atom is -0.387 e. The highest BCUT2D eigenvalue weighted by Gasteiger charge is 2.50. The molecule has 24 heavy (non-hydrogen) atoms. The zero-order chi connectivity index (χ0) is 16.9. The van der Waals surface area contributed by atoms with E-state index in [0.717, 1.165) is 11.3 Å². The molecule has 2 aliphatic heterocycles. The van der Waals surface area contributed by atoms with Crippen molar-refractivity contribution in [1.82, 2.24) is 0 Å². The number of hydrogen-bond donors (Lipinski definition) is 1. The Morgan fingerprint density at radius 2 is 2.12 bits per heavy atom. The Morgan fingerprint density at radius 3 is 2.83 bits per heavy atom. The molecule has 0 saturated carbocycles. The third-order valence-corrected chi connectivity index (χ3v) is 5.17. The van der Waals surface area contributed by atoms with Gasteiger partial charge in [-0.3, -0.25) is 0 Å². The first-order chi connectivity index (χ1) is 11.7. The summed E-state index contributed by atoms with van der Waals surface area (Å²) in [5, 5.41) is 10.7. The number of fused-ring (bicyclic) bond motifs is 1. The Labute approximate surface area is 146 Å². The van der Waals surface area contributed by atoms with Crippen LogP contribution in [0.15, 0.2) is 43.0 Å². The Bertz CT molecular complexity index is 525. The average molecular weight is 352 g/mol. The molecule has 1 N–H and O–H groups in total. The molecule has 132 valence electrons.